The van der Waals surface area contributed by atoms with Gasteiger partial charge in [-0.1, -0.05) is 0 Å². The van der Waals surface area contributed by atoms with E-state index in [1.807, 2.05) is 72.8 Å². The summed E-state index contributed by atoms with van der Waals surface area (Å²) in [5, 5.41) is 0. The molecule has 7 aromatic carbocycles. The molecule has 12 nitrogen and oxygen atoms in total. The molecule has 0 heterocycles. The van der Waals surface area contributed by atoms with Gasteiger partial charge in [-0.25, -0.2) is 0 Å². The van der Waals surface area contributed by atoms with E-state index in [-0.39, 0.29) is 0 Å². The first kappa shape index (κ1) is 55.0. The van der Waals surface area contributed by atoms with Crippen LogP contribution >= 0.6 is 0 Å². The van der Waals surface area contributed by atoms with E-state index in [9.17, 15) is 28.8 Å². The molecule has 0 aliphatic carbocycles. The number of ether oxygens (including phenoxy) is 6. The Balaban J connectivity index is 1.53. The normalized spacial score (nSPS) is 10.6. The van der Waals surface area contributed by atoms with Crippen LogP contribution in [0.1, 0.15) is 0 Å². The fourth-order valence-electron chi connectivity index (χ4n) is 7.23. The van der Waals surface area contributed by atoms with E-state index < -0.39 is 96.4 Å². The molecule has 15 heteroatoms. The monoisotopic (exact) mass is 1320 g/mol. The molecule has 0 spiro atoms. The Morgan fingerprint density at radius 2 is 0.373 bits per heavy atom. The summed E-state index contributed by atoms with van der Waals surface area (Å²) >= 11 is -9.80. The predicted molar refractivity (Wildman–Crippen MR) is 294 cm³/mol. The molecule has 0 saturated heterocycles. The third-order valence-electron chi connectivity index (χ3n) is 10.5. The van der Waals surface area contributed by atoms with Gasteiger partial charge in [-0.05, 0) is 0 Å². The van der Waals surface area contributed by atoms with Crippen molar-refractivity contribution < 1.29 is 57.2 Å². The van der Waals surface area contributed by atoms with Crippen molar-refractivity contribution in [2.45, 2.75) is 0 Å². The van der Waals surface area contributed by atoms with E-state index in [4.69, 9.17) is 28.4 Å². The Hall–Kier alpha value is -7.75. The van der Waals surface area contributed by atoms with Gasteiger partial charge < -0.3 is 0 Å². The van der Waals surface area contributed by atoms with E-state index in [1.165, 1.54) is 0 Å². The number of esters is 6. The van der Waals surface area contributed by atoms with Crippen molar-refractivity contribution in [3.63, 3.8) is 0 Å². The summed E-state index contributed by atoms with van der Waals surface area (Å²) in [7, 11) is 0. The van der Waals surface area contributed by atoms with Gasteiger partial charge >= 0.3 is 459 Å². The zero-order chi connectivity index (χ0) is 53.4. The standard InChI is InChI=1S/6C9H7O2.C6H3.3Sb/c6*1-2-9(10)11-8-6-4-3-5-7-8;1-2-4-6-5-3-1;;;/h6*2,4-7H,1H2;1,4-5H;;;. The van der Waals surface area contributed by atoms with Crippen molar-refractivity contribution in [3.05, 3.63) is 240 Å². The van der Waals surface area contributed by atoms with Gasteiger partial charge in [-0.15, -0.1) is 0 Å². The van der Waals surface area contributed by atoms with Crippen LogP contribution in [0, 0.1) is 0 Å². The van der Waals surface area contributed by atoms with Gasteiger partial charge in [-0.2, -0.15) is 0 Å². The van der Waals surface area contributed by atoms with Crippen LogP contribution < -0.4 is 60.0 Å². The molecule has 0 unspecified atom stereocenters. The molecule has 0 saturated carbocycles. The first-order valence-corrected chi connectivity index (χ1v) is 34.0. The van der Waals surface area contributed by atoms with Crippen molar-refractivity contribution in [2.75, 3.05) is 0 Å². The number of benzene rings is 7. The van der Waals surface area contributed by atoms with Gasteiger partial charge in [0.1, 0.15) is 0 Å². The molecule has 7 rings (SSSR count). The van der Waals surface area contributed by atoms with Gasteiger partial charge in [0, 0.05) is 0 Å². The van der Waals surface area contributed by atoms with Crippen LogP contribution in [0.25, 0.3) is 0 Å². The SMILES string of the molecule is C=CC(=O)Oc1cc[c]([Sb]([c]2ccc(OC(=O)C=C)cc2)[c]2c[c]([Sb]([c]3ccc(OC(=O)C=C)cc3)[c]3ccc(OC(=O)C=C)cc3)c[c]([Sb]([c]3ccc(OC(=O)C=C)cc3)[c]3ccc(OC(=O)C=C)cc3)c2)cc1. The summed E-state index contributed by atoms with van der Waals surface area (Å²) in [4.78, 5) is 73.8. The van der Waals surface area contributed by atoms with Gasteiger partial charge in [0.05, 0.1) is 0 Å². The molecule has 0 amide bonds. The summed E-state index contributed by atoms with van der Waals surface area (Å²) in [6.45, 7) is 21.2. The first-order valence-electron chi connectivity index (χ1n) is 22.5. The molecule has 75 heavy (non-hydrogen) atoms. The maximum absolute atomic E-state index is 12.3. The van der Waals surface area contributed by atoms with Gasteiger partial charge in [0.25, 0.3) is 0 Å². The van der Waals surface area contributed by atoms with Crippen LogP contribution in [0.15, 0.2) is 240 Å². The maximum atomic E-state index is 12.3. The molecule has 0 N–H and O–H groups in total. The molecule has 0 fully saturated rings. The average Bonchev–Trinajstić information content (AvgIpc) is 3.43. The van der Waals surface area contributed by atoms with Crippen molar-refractivity contribution in [3.8, 4) is 34.5 Å². The molecule has 0 aliphatic rings. The summed E-state index contributed by atoms with van der Waals surface area (Å²) in [5.41, 5.74) is 0. The van der Waals surface area contributed by atoms with Crippen LogP contribution in [0.3, 0.4) is 0 Å². The summed E-state index contributed by atoms with van der Waals surface area (Å²) in [6, 6.07) is 51.4. The van der Waals surface area contributed by atoms with Crippen LogP contribution in [0.2, 0.25) is 0 Å². The second-order valence-corrected chi connectivity index (χ2v) is 34.4. The van der Waals surface area contributed by atoms with Crippen LogP contribution in [-0.2, 0) is 28.8 Å². The summed E-state index contributed by atoms with van der Waals surface area (Å²) in [5.74, 6) is -1.59. The zero-order valence-electron chi connectivity index (χ0n) is 40.0. The number of carbonyl (C=O) groups excluding carboxylic acids is 6. The molecular weight excluding hydrogens is 1280 g/mol. The third-order valence-corrected chi connectivity index (χ3v) is 31.1. The van der Waals surface area contributed by atoms with Crippen molar-refractivity contribution in [2.24, 2.45) is 0 Å². The molecule has 0 radical (unpaired) electrons. The van der Waals surface area contributed by atoms with Crippen LogP contribution in [0.5, 0.6) is 34.5 Å². The topological polar surface area (TPSA) is 158 Å². The Morgan fingerprint density at radius 3 is 0.493 bits per heavy atom. The zero-order valence-corrected chi connectivity index (χ0v) is 47.7. The fourth-order valence-corrected chi connectivity index (χ4v) is 29.8. The Morgan fingerprint density at radius 1 is 0.240 bits per heavy atom. The number of hydrogen-bond donors (Lipinski definition) is 0. The van der Waals surface area contributed by atoms with E-state index in [0.717, 1.165) is 68.0 Å². The fraction of sp³-hybridized carbons (Fsp3) is 0. The Labute approximate surface area is 455 Å². The number of rotatable bonds is 21. The summed E-state index contributed by atoms with van der Waals surface area (Å²) < 4.78 is 42.2. The van der Waals surface area contributed by atoms with Crippen LogP contribution in [-0.4, -0.2) is 96.4 Å². The average molecular weight is 1320 g/mol. The first-order chi connectivity index (χ1) is 36.3. The number of hydrogen-bond acceptors (Lipinski definition) is 12. The molecule has 0 aromatic heterocycles. The van der Waals surface area contributed by atoms with Crippen molar-refractivity contribution >= 4 is 128 Å². The van der Waals surface area contributed by atoms with E-state index >= 15 is 0 Å². The second-order valence-electron chi connectivity index (χ2n) is 15.4. The van der Waals surface area contributed by atoms with E-state index in [0.29, 0.717) is 34.5 Å². The van der Waals surface area contributed by atoms with E-state index in [2.05, 4.69) is 57.7 Å². The third kappa shape index (κ3) is 14.7. The predicted octanol–water partition coefficient (Wildman–Crippen LogP) is 3.78. The molecule has 0 atom stereocenters. The van der Waals surface area contributed by atoms with Gasteiger partial charge in [0.2, 0.25) is 0 Å². The second kappa shape index (κ2) is 26.5. The molecule has 7 aromatic rings. The van der Waals surface area contributed by atoms with Crippen LogP contribution in [0.4, 0.5) is 0 Å². The van der Waals surface area contributed by atoms with E-state index in [1.54, 1.807) is 72.8 Å². The minimum absolute atomic E-state index is 0.337. The molecular formula is C60H45O12Sb3. The summed E-state index contributed by atoms with van der Waals surface area (Å²) in [6.07, 6.45) is 6.56. The quantitative estimate of drug-likeness (QED) is 0.0445. The Kier molecular flexibility index (Phi) is 19.4. The Bertz CT molecular complexity index is 2750. The minimum atomic E-state index is -3.27. The van der Waals surface area contributed by atoms with Gasteiger partial charge in [-0.3, -0.25) is 0 Å². The van der Waals surface area contributed by atoms with Gasteiger partial charge in [0.15, 0.2) is 0 Å². The van der Waals surface area contributed by atoms with Crippen molar-refractivity contribution in [1.82, 2.24) is 0 Å². The molecule has 0 aliphatic heterocycles. The number of carbonyl (C=O) groups is 6. The van der Waals surface area contributed by atoms with Crippen molar-refractivity contribution in [1.29, 1.82) is 0 Å². The molecule has 0 bridgehead atoms. The molecule has 372 valence electrons.